The SMILES string of the molecule is FC(F)(F)CN1CCC(Nc2ccc3[nH]ncc3c2)CC1. The van der Waals surface area contributed by atoms with Gasteiger partial charge in [0.05, 0.1) is 18.3 Å². The molecule has 2 aromatic rings. The first-order chi connectivity index (χ1) is 9.99. The second-order valence-electron chi connectivity index (χ2n) is 5.48. The lowest BCUT2D eigenvalue weighted by molar-refractivity contribution is -0.147. The van der Waals surface area contributed by atoms with Crippen LogP contribution in [-0.4, -0.2) is 46.9 Å². The number of nitrogens with zero attached hydrogens (tertiary/aromatic N) is 2. The Kier molecular flexibility index (Phi) is 3.75. The van der Waals surface area contributed by atoms with Crippen molar-refractivity contribution in [3.8, 4) is 0 Å². The van der Waals surface area contributed by atoms with E-state index in [9.17, 15) is 13.2 Å². The average Bonchev–Trinajstić information content (AvgIpc) is 2.87. The van der Waals surface area contributed by atoms with Crippen LogP contribution in [0.1, 0.15) is 12.8 Å². The number of piperidine rings is 1. The minimum atomic E-state index is -4.10. The van der Waals surface area contributed by atoms with Crippen LogP contribution in [0, 0.1) is 0 Å². The number of anilines is 1. The quantitative estimate of drug-likeness (QED) is 0.915. The maximum absolute atomic E-state index is 12.3. The summed E-state index contributed by atoms with van der Waals surface area (Å²) in [7, 11) is 0. The highest BCUT2D eigenvalue weighted by Gasteiger charge is 2.32. The molecular formula is C14H17F3N4. The molecule has 1 aromatic heterocycles. The molecule has 21 heavy (non-hydrogen) atoms. The third kappa shape index (κ3) is 3.66. The maximum atomic E-state index is 12.3. The Morgan fingerprint density at radius 1 is 1.29 bits per heavy atom. The van der Waals surface area contributed by atoms with Crippen LogP contribution in [0.5, 0.6) is 0 Å². The molecule has 7 heteroatoms. The van der Waals surface area contributed by atoms with Crippen LogP contribution in [0.15, 0.2) is 24.4 Å². The van der Waals surface area contributed by atoms with Crippen molar-refractivity contribution in [1.29, 1.82) is 0 Å². The Morgan fingerprint density at radius 2 is 2.05 bits per heavy atom. The van der Waals surface area contributed by atoms with Gasteiger partial charge in [-0.15, -0.1) is 0 Å². The van der Waals surface area contributed by atoms with Gasteiger partial charge in [0.2, 0.25) is 0 Å². The van der Waals surface area contributed by atoms with E-state index >= 15 is 0 Å². The topological polar surface area (TPSA) is 44.0 Å². The zero-order valence-corrected chi connectivity index (χ0v) is 11.5. The second kappa shape index (κ2) is 5.55. The van der Waals surface area contributed by atoms with Crippen molar-refractivity contribution in [1.82, 2.24) is 15.1 Å². The monoisotopic (exact) mass is 298 g/mol. The number of aromatic nitrogens is 2. The summed E-state index contributed by atoms with van der Waals surface area (Å²) in [5.74, 6) is 0. The molecule has 1 aliphatic heterocycles. The summed E-state index contributed by atoms with van der Waals surface area (Å²) in [6, 6.07) is 6.13. The zero-order valence-electron chi connectivity index (χ0n) is 11.5. The fraction of sp³-hybridized carbons (Fsp3) is 0.500. The van der Waals surface area contributed by atoms with E-state index in [0.29, 0.717) is 13.1 Å². The molecule has 0 radical (unpaired) electrons. The lowest BCUT2D eigenvalue weighted by atomic mass is 10.0. The van der Waals surface area contributed by atoms with Crippen LogP contribution in [0.3, 0.4) is 0 Å². The average molecular weight is 298 g/mol. The van der Waals surface area contributed by atoms with Gasteiger partial charge in [-0.2, -0.15) is 18.3 Å². The molecule has 0 spiro atoms. The molecule has 0 unspecified atom stereocenters. The Balaban J connectivity index is 1.55. The van der Waals surface area contributed by atoms with E-state index in [1.54, 1.807) is 6.20 Å². The van der Waals surface area contributed by atoms with Crippen molar-refractivity contribution in [3.63, 3.8) is 0 Å². The number of hydrogen-bond acceptors (Lipinski definition) is 3. The number of rotatable bonds is 3. The number of benzene rings is 1. The van der Waals surface area contributed by atoms with Crippen LogP contribution in [-0.2, 0) is 0 Å². The highest BCUT2D eigenvalue weighted by molar-refractivity contribution is 5.81. The summed E-state index contributed by atoms with van der Waals surface area (Å²) in [5, 5.41) is 11.3. The van der Waals surface area contributed by atoms with Crippen molar-refractivity contribution in [2.75, 3.05) is 25.0 Å². The minimum Gasteiger partial charge on any atom is -0.382 e. The van der Waals surface area contributed by atoms with Gasteiger partial charge in [0.1, 0.15) is 0 Å². The Bertz CT molecular complexity index is 600. The van der Waals surface area contributed by atoms with E-state index < -0.39 is 12.7 Å². The zero-order chi connectivity index (χ0) is 14.9. The molecule has 3 rings (SSSR count). The van der Waals surface area contributed by atoms with Crippen molar-refractivity contribution in [3.05, 3.63) is 24.4 Å². The third-order valence-electron chi connectivity index (χ3n) is 3.80. The summed E-state index contributed by atoms with van der Waals surface area (Å²) in [5.41, 5.74) is 1.96. The van der Waals surface area contributed by atoms with Crippen molar-refractivity contribution in [2.24, 2.45) is 0 Å². The van der Waals surface area contributed by atoms with Gasteiger partial charge in [-0.25, -0.2) is 0 Å². The van der Waals surface area contributed by atoms with Gasteiger partial charge >= 0.3 is 6.18 Å². The fourth-order valence-corrected chi connectivity index (χ4v) is 2.76. The van der Waals surface area contributed by atoms with E-state index in [1.165, 1.54) is 4.90 Å². The minimum absolute atomic E-state index is 0.221. The highest BCUT2D eigenvalue weighted by Crippen LogP contribution is 2.23. The molecule has 2 heterocycles. The van der Waals surface area contributed by atoms with Crippen molar-refractivity contribution >= 4 is 16.6 Å². The maximum Gasteiger partial charge on any atom is 0.401 e. The molecule has 1 aliphatic rings. The van der Waals surface area contributed by atoms with Crippen LogP contribution < -0.4 is 5.32 Å². The summed E-state index contributed by atoms with van der Waals surface area (Å²) >= 11 is 0. The normalized spacial score (nSPS) is 18.2. The molecule has 1 fully saturated rings. The van der Waals surface area contributed by atoms with E-state index in [0.717, 1.165) is 29.4 Å². The van der Waals surface area contributed by atoms with Gasteiger partial charge in [-0.3, -0.25) is 10.00 Å². The lowest BCUT2D eigenvalue weighted by Crippen LogP contribution is -2.43. The Morgan fingerprint density at radius 3 is 2.76 bits per heavy atom. The Hall–Kier alpha value is -1.76. The molecule has 1 saturated heterocycles. The number of likely N-dealkylation sites (tertiary alicyclic amines) is 1. The van der Waals surface area contributed by atoms with Gasteiger partial charge in [0.25, 0.3) is 0 Å². The molecule has 0 aliphatic carbocycles. The van der Waals surface area contributed by atoms with Crippen LogP contribution in [0.25, 0.3) is 10.9 Å². The predicted octanol–water partition coefficient (Wildman–Crippen LogP) is 3.00. The molecule has 0 amide bonds. The number of alkyl halides is 3. The second-order valence-corrected chi connectivity index (χ2v) is 5.48. The molecule has 4 nitrogen and oxygen atoms in total. The number of fused-ring (bicyclic) bond motifs is 1. The molecule has 0 atom stereocenters. The number of nitrogens with one attached hydrogen (secondary N) is 2. The third-order valence-corrected chi connectivity index (χ3v) is 3.80. The summed E-state index contributed by atoms with van der Waals surface area (Å²) in [6.45, 7) is 0.150. The largest absolute Gasteiger partial charge is 0.401 e. The van der Waals surface area contributed by atoms with Gasteiger partial charge < -0.3 is 5.32 Å². The summed E-state index contributed by atoms with van der Waals surface area (Å²) in [4.78, 5) is 1.47. The molecule has 0 bridgehead atoms. The summed E-state index contributed by atoms with van der Waals surface area (Å²) in [6.07, 6.45) is -0.905. The number of H-pyrrole nitrogens is 1. The number of hydrogen-bond donors (Lipinski definition) is 2. The molecule has 2 N–H and O–H groups in total. The first kappa shape index (κ1) is 14.2. The van der Waals surface area contributed by atoms with Crippen molar-refractivity contribution in [2.45, 2.75) is 25.1 Å². The lowest BCUT2D eigenvalue weighted by Gasteiger charge is -2.33. The van der Waals surface area contributed by atoms with Gasteiger partial charge in [-0.05, 0) is 31.0 Å². The van der Waals surface area contributed by atoms with Crippen LogP contribution in [0.2, 0.25) is 0 Å². The summed E-state index contributed by atoms with van der Waals surface area (Å²) < 4.78 is 37.0. The number of aromatic amines is 1. The van der Waals surface area contributed by atoms with Crippen molar-refractivity contribution < 1.29 is 13.2 Å². The molecule has 1 aromatic carbocycles. The fourth-order valence-electron chi connectivity index (χ4n) is 2.76. The molecule has 114 valence electrons. The predicted molar refractivity (Wildman–Crippen MR) is 75.2 cm³/mol. The van der Waals surface area contributed by atoms with E-state index in [1.807, 2.05) is 18.2 Å². The highest BCUT2D eigenvalue weighted by atomic mass is 19.4. The first-order valence-corrected chi connectivity index (χ1v) is 6.98. The smallest absolute Gasteiger partial charge is 0.382 e. The molecule has 0 saturated carbocycles. The van der Waals surface area contributed by atoms with E-state index in [2.05, 4.69) is 15.5 Å². The van der Waals surface area contributed by atoms with Gasteiger partial charge in [-0.1, -0.05) is 0 Å². The van der Waals surface area contributed by atoms with E-state index in [-0.39, 0.29) is 6.04 Å². The van der Waals surface area contributed by atoms with Crippen LogP contribution >= 0.6 is 0 Å². The standard InChI is InChI=1S/C14H17F3N4/c15-14(16,17)9-21-5-3-11(4-6-21)19-12-1-2-13-10(7-12)8-18-20-13/h1-2,7-8,11,19H,3-6,9H2,(H,18,20). The first-order valence-electron chi connectivity index (χ1n) is 6.98. The van der Waals surface area contributed by atoms with Crippen LogP contribution in [0.4, 0.5) is 18.9 Å². The van der Waals surface area contributed by atoms with Gasteiger partial charge in [0.15, 0.2) is 0 Å². The van der Waals surface area contributed by atoms with Gasteiger partial charge in [0, 0.05) is 30.2 Å². The Labute approximate surface area is 120 Å². The number of halogens is 3. The van der Waals surface area contributed by atoms with E-state index in [4.69, 9.17) is 0 Å². The molecular weight excluding hydrogens is 281 g/mol.